The summed E-state index contributed by atoms with van der Waals surface area (Å²) >= 11 is 0. The highest BCUT2D eigenvalue weighted by Crippen LogP contribution is 2.61. The first-order valence-corrected chi connectivity index (χ1v) is 13.3. The van der Waals surface area contributed by atoms with Crippen LogP contribution < -0.4 is 15.5 Å². The van der Waals surface area contributed by atoms with Crippen LogP contribution in [0.15, 0.2) is 30.3 Å². The molecule has 2 aromatic rings. The molecule has 4 saturated carbocycles. The van der Waals surface area contributed by atoms with E-state index >= 15 is 0 Å². The Hall–Kier alpha value is -2.63. The van der Waals surface area contributed by atoms with Crippen LogP contribution in [0.3, 0.4) is 0 Å². The molecule has 5 fully saturated rings. The summed E-state index contributed by atoms with van der Waals surface area (Å²) in [5.74, 6) is 4.45. The van der Waals surface area contributed by atoms with Crippen molar-refractivity contribution >= 4 is 29.0 Å². The minimum Gasteiger partial charge on any atom is -0.341 e. The van der Waals surface area contributed by atoms with Gasteiger partial charge in [-0.1, -0.05) is 0 Å². The molecule has 6 heteroatoms. The van der Waals surface area contributed by atoms with E-state index in [-0.39, 0.29) is 11.3 Å². The van der Waals surface area contributed by atoms with Crippen LogP contribution in [0.25, 0.3) is 0 Å². The van der Waals surface area contributed by atoms with Gasteiger partial charge in [0.15, 0.2) is 0 Å². The van der Waals surface area contributed by atoms with Gasteiger partial charge in [0.1, 0.15) is 5.82 Å². The zero-order valence-corrected chi connectivity index (χ0v) is 20.4. The predicted octanol–water partition coefficient (Wildman–Crippen LogP) is 6.06. The summed E-state index contributed by atoms with van der Waals surface area (Å²) in [5, 5.41) is 6.59. The van der Waals surface area contributed by atoms with Crippen molar-refractivity contribution in [2.45, 2.75) is 71.1 Å². The second-order valence-electron chi connectivity index (χ2n) is 11.6. The van der Waals surface area contributed by atoms with Gasteiger partial charge in [-0.25, -0.2) is 4.98 Å². The van der Waals surface area contributed by atoms with Gasteiger partial charge in [-0.3, -0.25) is 4.79 Å². The highest BCUT2D eigenvalue weighted by atomic mass is 16.1. The summed E-state index contributed by atoms with van der Waals surface area (Å²) in [6, 6.07) is 9.98. The number of hydrogen-bond donors (Lipinski definition) is 2. The van der Waals surface area contributed by atoms with Gasteiger partial charge < -0.3 is 15.5 Å². The topological polar surface area (TPSA) is 70.2 Å². The van der Waals surface area contributed by atoms with Crippen molar-refractivity contribution < 1.29 is 4.79 Å². The Balaban J connectivity index is 1.08. The number of carbonyl (C=O) groups is 1. The number of amides is 1. The Kier molecular flexibility index (Phi) is 5.70. The highest BCUT2D eigenvalue weighted by Gasteiger charge is 2.51. The summed E-state index contributed by atoms with van der Waals surface area (Å²) < 4.78 is 0. The van der Waals surface area contributed by atoms with Crippen LogP contribution in [-0.4, -0.2) is 29.0 Å². The van der Waals surface area contributed by atoms with E-state index in [1.807, 2.05) is 37.3 Å². The molecule has 0 radical (unpaired) electrons. The number of benzene rings is 1. The third-order valence-corrected chi connectivity index (χ3v) is 8.62. The molecule has 34 heavy (non-hydrogen) atoms. The molecule has 1 aliphatic heterocycles. The Morgan fingerprint density at radius 2 is 1.56 bits per heavy atom. The quantitative estimate of drug-likeness (QED) is 0.549. The van der Waals surface area contributed by atoms with E-state index in [9.17, 15) is 4.79 Å². The van der Waals surface area contributed by atoms with Gasteiger partial charge in [-0.15, -0.1) is 0 Å². The average molecular weight is 460 g/mol. The summed E-state index contributed by atoms with van der Waals surface area (Å²) in [5.41, 5.74) is 3.07. The smallest absolute Gasteiger partial charge is 0.227 e. The Labute approximate surface area is 202 Å². The molecular weight excluding hydrogens is 422 g/mol. The predicted molar refractivity (Wildman–Crippen MR) is 136 cm³/mol. The molecule has 4 aliphatic carbocycles. The number of carbonyl (C=O) groups excluding carboxylic acids is 1. The Morgan fingerprint density at radius 1 is 0.941 bits per heavy atom. The zero-order chi connectivity index (χ0) is 23.1. The lowest BCUT2D eigenvalue weighted by molar-refractivity contribution is -0.124. The van der Waals surface area contributed by atoms with Crippen molar-refractivity contribution in [2.24, 2.45) is 23.2 Å². The fourth-order valence-corrected chi connectivity index (χ4v) is 7.69. The molecular formula is C28H37N5O. The van der Waals surface area contributed by atoms with E-state index in [2.05, 4.69) is 20.5 Å². The van der Waals surface area contributed by atoms with Gasteiger partial charge in [0.2, 0.25) is 11.9 Å². The maximum absolute atomic E-state index is 12.9. The molecule has 0 unspecified atom stereocenters. The van der Waals surface area contributed by atoms with Gasteiger partial charge in [0, 0.05) is 42.6 Å². The molecule has 6 nitrogen and oxygen atoms in total. The lowest BCUT2D eigenvalue weighted by atomic mass is 9.49. The molecule has 1 saturated heterocycles. The molecule has 180 valence electrons. The standard InChI is InChI=1S/C28H37N5O/c1-19-11-25(32-27(29-19)33-9-3-2-4-10-33)30-23-5-7-24(8-6-23)31-26(34)18-28-15-20-12-21(16-28)14-22(13-20)17-28/h5-8,11,20-22H,2-4,9-10,12-18H2,1H3,(H,31,34)(H,29,30,32). The normalized spacial score (nSPS) is 29.8. The van der Waals surface area contributed by atoms with Crippen molar-refractivity contribution in [1.29, 1.82) is 0 Å². The van der Waals surface area contributed by atoms with E-state index in [0.717, 1.165) is 59.7 Å². The van der Waals surface area contributed by atoms with E-state index < -0.39 is 0 Å². The van der Waals surface area contributed by atoms with Gasteiger partial charge in [-0.05, 0) is 112 Å². The molecule has 1 aromatic carbocycles. The van der Waals surface area contributed by atoms with Crippen LogP contribution in [0, 0.1) is 30.1 Å². The van der Waals surface area contributed by atoms with E-state index in [1.165, 1.54) is 57.8 Å². The van der Waals surface area contributed by atoms with Crippen molar-refractivity contribution in [1.82, 2.24) is 9.97 Å². The van der Waals surface area contributed by atoms with Crippen molar-refractivity contribution in [3.05, 3.63) is 36.0 Å². The maximum Gasteiger partial charge on any atom is 0.227 e. The molecule has 1 amide bonds. The van der Waals surface area contributed by atoms with Crippen molar-refractivity contribution in [2.75, 3.05) is 28.6 Å². The number of anilines is 4. The number of piperidine rings is 1. The molecule has 5 aliphatic rings. The summed E-state index contributed by atoms with van der Waals surface area (Å²) in [4.78, 5) is 24.6. The van der Waals surface area contributed by atoms with Crippen LogP contribution >= 0.6 is 0 Å². The number of aromatic nitrogens is 2. The van der Waals surface area contributed by atoms with Crippen molar-refractivity contribution in [3.63, 3.8) is 0 Å². The lowest BCUT2D eigenvalue weighted by Crippen LogP contribution is -2.47. The summed E-state index contributed by atoms with van der Waals surface area (Å²) in [7, 11) is 0. The second-order valence-corrected chi connectivity index (χ2v) is 11.6. The Morgan fingerprint density at radius 3 is 2.21 bits per heavy atom. The first-order chi connectivity index (χ1) is 16.5. The lowest BCUT2D eigenvalue weighted by Gasteiger charge is -2.56. The first kappa shape index (κ1) is 21.9. The molecule has 0 spiro atoms. The monoisotopic (exact) mass is 459 g/mol. The molecule has 1 aromatic heterocycles. The van der Waals surface area contributed by atoms with E-state index in [0.29, 0.717) is 6.42 Å². The maximum atomic E-state index is 12.9. The van der Waals surface area contributed by atoms with Crippen LogP contribution in [0.2, 0.25) is 0 Å². The minimum atomic E-state index is 0.181. The van der Waals surface area contributed by atoms with Gasteiger partial charge in [-0.2, -0.15) is 4.98 Å². The Bertz CT molecular complexity index is 1010. The fourth-order valence-electron chi connectivity index (χ4n) is 7.69. The van der Waals surface area contributed by atoms with Gasteiger partial charge in [0.05, 0.1) is 0 Å². The summed E-state index contributed by atoms with van der Waals surface area (Å²) in [6.07, 6.45) is 12.5. The van der Waals surface area contributed by atoms with Crippen LogP contribution in [0.1, 0.15) is 69.9 Å². The third kappa shape index (κ3) is 4.64. The van der Waals surface area contributed by atoms with Crippen LogP contribution in [0.5, 0.6) is 0 Å². The largest absolute Gasteiger partial charge is 0.341 e. The van der Waals surface area contributed by atoms with E-state index in [4.69, 9.17) is 4.98 Å². The van der Waals surface area contributed by atoms with Gasteiger partial charge in [0.25, 0.3) is 0 Å². The van der Waals surface area contributed by atoms with Crippen LogP contribution in [0.4, 0.5) is 23.1 Å². The van der Waals surface area contributed by atoms with Gasteiger partial charge >= 0.3 is 0 Å². The molecule has 2 heterocycles. The van der Waals surface area contributed by atoms with E-state index in [1.54, 1.807) is 0 Å². The number of aryl methyl sites for hydroxylation is 1. The minimum absolute atomic E-state index is 0.181. The second kappa shape index (κ2) is 8.86. The van der Waals surface area contributed by atoms with Crippen LogP contribution in [-0.2, 0) is 4.79 Å². The molecule has 2 N–H and O–H groups in total. The summed E-state index contributed by atoms with van der Waals surface area (Å²) in [6.45, 7) is 4.07. The molecule has 4 bridgehead atoms. The average Bonchev–Trinajstić information content (AvgIpc) is 2.79. The zero-order valence-electron chi connectivity index (χ0n) is 20.4. The number of nitrogens with one attached hydrogen (secondary N) is 2. The third-order valence-electron chi connectivity index (χ3n) is 8.62. The number of hydrogen-bond acceptors (Lipinski definition) is 5. The SMILES string of the molecule is Cc1cc(Nc2ccc(NC(=O)CC34CC5CC(CC(C5)C3)C4)cc2)nc(N2CCCCC2)n1. The number of nitrogens with zero attached hydrogens (tertiary/aromatic N) is 3. The fraction of sp³-hybridized carbons (Fsp3) is 0.607. The number of rotatable bonds is 6. The molecule has 7 rings (SSSR count). The highest BCUT2D eigenvalue weighted by molar-refractivity contribution is 5.91. The van der Waals surface area contributed by atoms with Crippen molar-refractivity contribution in [3.8, 4) is 0 Å². The first-order valence-electron chi connectivity index (χ1n) is 13.3. The molecule has 0 atom stereocenters.